The number of halogens is 2. The molecule has 0 radical (unpaired) electrons. The minimum atomic E-state index is -0.102. The third-order valence-corrected chi connectivity index (χ3v) is 3.16. The van der Waals surface area contributed by atoms with Gasteiger partial charge >= 0.3 is 0 Å². The topological polar surface area (TPSA) is 18.5 Å². The van der Waals surface area contributed by atoms with Gasteiger partial charge in [-0.1, -0.05) is 0 Å². The van der Waals surface area contributed by atoms with E-state index in [2.05, 4.69) is 52.1 Å². The standard InChI is InChI=1S/C7H12I2O2/c1-5(7(8)9)4-6(10-2)11-3/h6H,4H2,1-3H3. The molecule has 0 saturated heterocycles. The minimum Gasteiger partial charge on any atom is -0.356 e. The van der Waals surface area contributed by atoms with Crippen molar-refractivity contribution in [3.8, 4) is 0 Å². The molecule has 0 atom stereocenters. The average Bonchev–Trinajstić information content (AvgIpc) is 1.99. The molecule has 0 aliphatic rings. The number of ether oxygens (including phenoxy) is 2. The monoisotopic (exact) mass is 382 g/mol. The largest absolute Gasteiger partial charge is 0.356 e. The lowest BCUT2D eigenvalue weighted by molar-refractivity contribution is -0.100. The van der Waals surface area contributed by atoms with Crippen molar-refractivity contribution in [2.24, 2.45) is 0 Å². The van der Waals surface area contributed by atoms with Crippen LogP contribution in [0.4, 0.5) is 0 Å². The summed E-state index contributed by atoms with van der Waals surface area (Å²) in [5.41, 5.74) is 1.31. The number of methoxy groups -OCH3 is 2. The summed E-state index contributed by atoms with van der Waals surface area (Å²) in [5, 5.41) is 0. The molecule has 4 heteroatoms. The number of rotatable bonds is 4. The zero-order chi connectivity index (χ0) is 8.85. The van der Waals surface area contributed by atoms with Crippen LogP contribution in [0.5, 0.6) is 0 Å². The Bertz CT molecular complexity index is 137. The molecule has 0 saturated carbocycles. The Morgan fingerprint density at radius 1 is 1.27 bits per heavy atom. The first kappa shape index (κ1) is 12.1. The smallest absolute Gasteiger partial charge is 0.160 e. The van der Waals surface area contributed by atoms with E-state index in [0.717, 1.165) is 6.42 Å². The highest BCUT2D eigenvalue weighted by Gasteiger charge is 2.06. The molecule has 0 aromatic rings. The summed E-state index contributed by atoms with van der Waals surface area (Å²) in [6, 6.07) is 0. The van der Waals surface area contributed by atoms with Crippen molar-refractivity contribution in [3.63, 3.8) is 0 Å². The van der Waals surface area contributed by atoms with Gasteiger partial charge in [0.05, 0.1) is 1.59 Å². The lowest BCUT2D eigenvalue weighted by Gasteiger charge is -2.13. The van der Waals surface area contributed by atoms with Gasteiger partial charge in [-0.2, -0.15) is 0 Å². The fraction of sp³-hybridized carbons (Fsp3) is 0.714. The normalized spacial score (nSPS) is 10.4. The molecule has 0 aliphatic heterocycles. The predicted octanol–water partition coefficient (Wildman–Crippen LogP) is 3.10. The summed E-state index contributed by atoms with van der Waals surface area (Å²) in [5.74, 6) is 0. The Hall–Kier alpha value is 1.12. The van der Waals surface area contributed by atoms with E-state index in [0.29, 0.717) is 0 Å². The van der Waals surface area contributed by atoms with Crippen LogP contribution in [0.25, 0.3) is 0 Å². The van der Waals surface area contributed by atoms with Crippen LogP contribution < -0.4 is 0 Å². The van der Waals surface area contributed by atoms with E-state index in [1.54, 1.807) is 14.2 Å². The summed E-state index contributed by atoms with van der Waals surface area (Å²) in [4.78, 5) is 0. The van der Waals surface area contributed by atoms with Crippen LogP contribution in [0.1, 0.15) is 13.3 Å². The van der Waals surface area contributed by atoms with E-state index in [9.17, 15) is 0 Å². The molecule has 0 rings (SSSR count). The molecular formula is C7H12I2O2. The first-order valence-electron chi connectivity index (χ1n) is 3.18. The third kappa shape index (κ3) is 5.37. The Morgan fingerprint density at radius 2 is 1.73 bits per heavy atom. The third-order valence-electron chi connectivity index (χ3n) is 1.32. The van der Waals surface area contributed by atoms with Crippen LogP contribution in [-0.2, 0) is 9.47 Å². The van der Waals surface area contributed by atoms with Crippen LogP contribution >= 0.6 is 45.2 Å². The molecule has 0 aromatic carbocycles. The SMILES string of the molecule is COC(CC(C)=C(I)I)OC. The summed E-state index contributed by atoms with van der Waals surface area (Å²) in [6.07, 6.45) is 0.739. The molecule has 0 N–H and O–H groups in total. The molecule has 0 heterocycles. The van der Waals surface area contributed by atoms with Crippen LogP contribution in [0.15, 0.2) is 7.16 Å². The number of hydrogen-bond donors (Lipinski definition) is 0. The van der Waals surface area contributed by atoms with Gasteiger partial charge in [0.1, 0.15) is 0 Å². The van der Waals surface area contributed by atoms with Gasteiger partial charge in [-0.25, -0.2) is 0 Å². The second-order valence-electron chi connectivity index (χ2n) is 2.15. The summed E-state index contributed by atoms with van der Waals surface area (Å²) >= 11 is 4.58. The van der Waals surface area contributed by atoms with Crippen molar-refractivity contribution in [2.75, 3.05) is 14.2 Å². The molecule has 0 spiro atoms. The molecule has 0 bridgehead atoms. The van der Waals surface area contributed by atoms with Crippen LogP contribution in [0, 0.1) is 0 Å². The van der Waals surface area contributed by atoms with E-state index in [4.69, 9.17) is 9.47 Å². The Balaban J connectivity index is 3.91. The van der Waals surface area contributed by atoms with Crippen molar-refractivity contribution in [3.05, 3.63) is 7.16 Å². The van der Waals surface area contributed by atoms with E-state index >= 15 is 0 Å². The predicted molar refractivity (Wildman–Crippen MR) is 63.2 cm³/mol. The molecule has 0 unspecified atom stereocenters. The van der Waals surface area contributed by atoms with Gasteiger partial charge in [0.2, 0.25) is 0 Å². The molecular weight excluding hydrogens is 370 g/mol. The van der Waals surface area contributed by atoms with Gasteiger partial charge in [0.25, 0.3) is 0 Å². The minimum absolute atomic E-state index is 0.102. The summed E-state index contributed by atoms with van der Waals surface area (Å²) in [7, 11) is 3.31. The maximum Gasteiger partial charge on any atom is 0.160 e. The van der Waals surface area contributed by atoms with Crippen molar-refractivity contribution in [1.29, 1.82) is 0 Å². The Kier molecular flexibility index (Phi) is 7.29. The van der Waals surface area contributed by atoms with Crippen molar-refractivity contribution in [1.82, 2.24) is 0 Å². The fourth-order valence-electron chi connectivity index (χ4n) is 0.590. The molecule has 0 aromatic heterocycles. The zero-order valence-corrected chi connectivity index (χ0v) is 11.2. The molecule has 66 valence electrons. The second kappa shape index (κ2) is 6.62. The summed E-state index contributed by atoms with van der Waals surface area (Å²) < 4.78 is 11.4. The maximum atomic E-state index is 5.06. The highest BCUT2D eigenvalue weighted by Crippen LogP contribution is 2.23. The van der Waals surface area contributed by atoms with Crippen molar-refractivity contribution in [2.45, 2.75) is 19.6 Å². The zero-order valence-electron chi connectivity index (χ0n) is 6.86. The lowest BCUT2D eigenvalue weighted by Crippen LogP contribution is -2.12. The Morgan fingerprint density at radius 3 is 2.00 bits per heavy atom. The fourth-order valence-corrected chi connectivity index (χ4v) is 1.03. The average molecular weight is 382 g/mol. The molecule has 2 nitrogen and oxygen atoms in total. The van der Waals surface area contributed by atoms with Gasteiger partial charge < -0.3 is 9.47 Å². The van der Waals surface area contributed by atoms with E-state index in [-0.39, 0.29) is 6.29 Å². The number of hydrogen-bond acceptors (Lipinski definition) is 2. The lowest BCUT2D eigenvalue weighted by atomic mass is 10.2. The molecule has 11 heavy (non-hydrogen) atoms. The van der Waals surface area contributed by atoms with Crippen molar-refractivity contribution < 1.29 is 9.47 Å². The van der Waals surface area contributed by atoms with Crippen LogP contribution in [0.2, 0.25) is 0 Å². The first-order chi connectivity index (χ1) is 5.11. The van der Waals surface area contributed by atoms with Gasteiger partial charge in [-0.05, 0) is 57.7 Å². The maximum absolute atomic E-state index is 5.06. The second-order valence-corrected chi connectivity index (χ2v) is 6.37. The molecule has 0 amide bonds. The highest BCUT2D eigenvalue weighted by atomic mass is 127. The Labute approximate surface area is 95.0 Å². The highest BCUT2D eigenvalue weighted by molar-refractivity contribution is 14.2. The van der Waals surface area contributed by atoms with E-state index in [1.807, 2.05) is 0 Å². The molecule has 0 fully saturated rings. The quantitative estimate of drug-likeness (QED) is 0.550. The van der Waals surface area contributed by atoms with Crippen molar-refractivity contribution >= 4 is 45.2 Å². The van der Waals surface area contributed by atoms with E-state index < -0.39 is 0 Å². The van der Waals surface area contributed by atoms with Gasteiger partial charge in [-0.15, -0.1) is 0 Å². The molecule has 0 aliphatic carbocycles. The van der Waals surface area contributed by atoms with E-state index in [1.165, 1.54) is 7.16 Å². The summed E-state index contributed by atoms with van der Waals surface area (Å²) in [6.45, 7) is 2.08. The van der Waals surface area contributed by atoms with Crippen LogP contribution in [0.3, 0.4) is 0 Å². The first-order valence-corrected chi connectivity index (χ1v) is 5.34. The van der Waals surface area contributed by atoms with Gasteiger partial charge in [0.15, 0.2) is 6.29 Å². The van der Waals surface area contributed by atoms with Gasteiger partial charge in [0, 0.05) is 20.6 Å². The van der Waals surface area contributed by atoms with Crippen LogP contribution in [-0.4, -0.2) is 20.5 Å². The van der Waals surface area contributed by atoms with Gasteiger partial charge in [-0.3, -0.25) is 0 Å².